The van der Waals surface area contributed by atoms with Crippen molar-refractivity contribution < 1.29 is 24.0 Å². The first-order valence-corrected chi connectivity index (χ1v) is 9.18. The summed E-state index contributed by atoms with van der Waals surface area (Å²) >= 11 is 0. The number of methoxy groups -OCH3 is 1. The molecule has 150 valence electrons. The summed E-state index contributed by atoms with van der Waals surface area (Å²) in [5.41, 5.74) is 1.88. The van der Waals surface area contributed by atoms with Gasteiger partial charge in [0.25, 0.3) is 11.8 Å². The van der Waals surface area contributed by atoms with Crippen LogP contribution < -0.4 is 25.0 Å². The van der Waals surface area contributed by atoms with Crippen LogP contribution in [0, 0.1) is 6.92 Å². The third-order valence-electron chi connectivity index (χ3n) is 4.01. The first-order valence-electron chi connectivity index (χ1n) is 9.18. The molecule has 2 aromatic rings. The van der Waals surface area contributed by atoms with Crippen molar-refractivity contribution in [1.82, 2.24) is 5.32 Å². The van der Waals surface area contributed by atoms with Crippen LogP contribution in [0.1, 0.15) is 5.56 Å². The van der Waals surface area contributed by atoms with E-state index in [2.05, 4.69) is 10.6 Å². The van der Waals surface area contributed by atoms with E-state index in [0.29, 0.717) is 24.7 Å². The monoisotopic (exact) mass is 386 g/mol. The zero-order chi connectivity index (χ0) is 20.4. The van der Waals surface area contributed by atoms with Crippen molar-refractivity contribution in [3.63, 3.8) is 0 Å². The molecule has 0 saturated carbocycles. The Morgan fingerprint density at radius 1 is 0.964 bits per heavy atom. The fourth-order valence-electron chi connectivity index (χ4n) is 2.60. The predicted molar refractivity (Wildman–Crippen MR) is 108 cm³/mol. The highest BCUT2D eigenvalue weighted by Crippen LogP contribution is 2.25. The molecule has 1 atom stereocenters. The largest absolute Gasteiger partial charge is 0.493 e. The quantitative estimate of drug-likeness (QED) is 0.524. The molecule has 3 N–H and O–H groups in total. The van der Waals surface area contributed by atoms with Gasteiger partial charge in [-0.2, -0.15) is 0 Å². The molecule has 2 rings (SSSR count). The molecule has 0 radical (unpaired) electrons. The van der Waals surface area contributed by atoms with Crippen molar-refractivity contribution in [3.05, 3.63) is 54.1 Å². The minimum absolute atomic E-state index is 0.131. The van der Waals surface area contributed by atoms with Crippen molar-refractivity contribution in [3.8, 4) is 11.5 Å². The number of hydrogen-bond acceptors (Lipinski definition) is 4. The Bertz CT molecular complexity index is 777. The lowest BCUT2D eigenvalue weighted by Crippen LogP contribution is -3.11. The zero-order valence-electron chi connectivity index (χ0n) is 16.6. The van der Waals surface area contributed by atoms with Gasteiger partial charge in [-0.1, -0.05) is 29.8 Å². The third-order valence-corrected chi connectivity index (χ3v) is 4.01. The lowest BCUT2D eigenvalue weighted by molar-refractivity contribution is -0.862. The molecule has 1 unspecified atom stereocenters. The van der Waals surface area contributed by atoms with E-state index >= 15 is 0 Å². The summed E-state index contributed by atoms with van der Waals surface area (Å²) in [6.07, 6.45) is 0. The molecule has 0 heterocycles. The Balaban J connectivity index is 1.65. The van der Waals surface area contributed by atoms with Gasteiger partial charge in [0.1, 0.15) is 6.61 Å². The Morgan fingerprint density at radius 3 is 2.29 bits per heavy atom. The van der Waals surface area contributed by atoms with Gasteiger partial charge < -0.3 is 25.0 Å². The van der Waals surface area contributed by atoms with Crippen LogP contribution in [-0.4, -0.2) is 52.2 Å². The molecule has 28 heavy (non-hydrogen) atoms. The molecular formula is C21H28N3O4+. The molecule has 0 fully saturated rings. The molecule has 0 bridgehead atoms. The Labute approximate surface area is 165 Å². The summed E-state index contributed by atoms with van der Waals surface area (Å²) in [7, 11) is 3.39. The number of quaternary nitrogens is 1. The van der Waals surface area contributed by atoms with Crippen molar-refractivity contribution in [2.75, 3.05) is 45.7 Å². The molecule has 0 aliphatic rings. The maximum absolute atomic E-state index is 12.1. The maximum Gasteiger partial charge on any atom is 0.279 e. The standard InChI is InChI=1S/C21H27N3O4/c1-16-8-10-17(11-9-16)23-21(26)15-24(2)14-20(25)22-12-13-28-19-7-5-4-6-18(19)27-3/h4-11H,12-15H2,1-3H3,(H,22,25)(H,23,26)/p+1. The number of nitrogens with one attached hydrogen (secondary N) is 3. The van der Waals surface area contributed by atoms with Gasteiger partial charge in [0.05, 0.1) is 20.7 Å². The normalized spacial score (nSPS) is 11.4. The van der Waals surface area contributed by atoms with Crippen molar-refractivity contribution >= 4 is 17.5 Å². The van der Waals surface area contributed by atoms with Crippen molar-refractivity contribution in [2.24, 2.45) is 0 Å². The topological polar surface area (TPSA) is 81.1 Å². The van der Waals surface area contributed by atoms with Gasteiger partial charge in [0.2, 0.25) is 0 Å². The molecule has 7 nitrogen and oxygen atoms in total. The molecule has 2 amide bonds. The molecule has 2 aromatic carbocycles. The number of para-hydroxylation sites is 2. The van der Waals surface area contributed by atoms with Crippen LogP contribution in [0.15, 0.2) is 48.5 Å². The van der Waals surface area contributed by atoms with Gasteiger partial charge in [-0.15, -0.1) is 0 Å². The number of carbonyl (C=O) groups is 2. The van der Waals surface area contributed by atoms with Crippen LogP contribution in [0.2, 0.25) is 0 Å². The number of likely N-dealkylation sites (N-methyl/N-ethyl adjacent to an activating group) is 1. The minimum atomic E-state index is -0.135. The lowest BCUT2D eigenvalue weighted by atomic mass is 10.2. The number of anilines is 1. The third kappa shape index (κ3) is 7.28. The summed E-state index contributed by atoms with van der Waals surface area (Å²) in [4.78, 5) is 24.9. The molecule has 0 spiro atoms. The van der Waals surface area contributed by atoms with Crippen LogP contribution in [0.4, 0.5) is 5.69 Å². The first kappa shape index (κ1) is 21.2. The van der Waals surface area contributed by atoms with Gasteiger partial charge in [0.15, 0.2) is 24.6 Å². The SMILES string of the molecule is COc1ccccc1OCCNC(=O)C[NH+](C)CC(=O)Nc1ccc(C)cc1. The fourth-order valence-corrected chi connectivity index (χ4v) is 2.60. The van der Waals surface area contributed by atoms with E-state index < -0.39 is 0 Å². The van der Waals surface area contributed by atoms with E-state index in [-0.39, 0.29) is 24.9 Å². The van der Waals surface area contributed by atoms with Gasteiger partial charge >= 0.3 is 0 Å². The minimum Gasteiger partial charge on any atom is -0.493 e. The smallest absolute Gasteiger partial charge is 0.279 e. The van der Waals surface area contributed by atoms with E-state index in [1.807, 2.05) is 55.5 Å². The van der Waals surface area contributed by atoms with Crippen LogP contribution in [0.3, 0.4) is 0 Å². The summed E-state index contributed by atoms with van der Waals surface area (Å²) in [6.45, 7) is 3.11. The Hall–Kier alpha value is -3.06. The van der Waals surface area contributed by atoms with E-state index in [1.54, 1.807) is 14.2 Å². The van der Waals surface area contributed by atoms with E-state index in [0.717, 1.165) is 16.2 Å². The van der Waals surface area contributed by atoms with Gasteiger partial charge in [0, 0.05) is 5.69 Å². The fraction of sp³-hybridized carbons (Fsp3) is 0.333. The second-order valence-electron chi connectivity index (χ2n) is 6.57. The molecule has 0 saturated heterocycles. The van der Waals surface area contributed by atoms with E-state index in [9.17, 15) is 9.59 Å². The summed E-state index contributed by atoms with van der Waals surface area (Å²) in [5, 5.41) is 5.62. The lowest BCUT2D eigenvalue weighted by Gasteiger charge is -2.14. The number of amides is 2. The van der Waals surface area contributed by atoms with Crippen LogP contribution in [-0.2, 0) is 9.59 Å². The van der Waals surface area contributed by atoms with Gasteiger partial charge in [-0.05, 0) is 31.2 Å². The number of hydrogen-bond donors (Lipinski definition) is 3. The highest BCUT2D eigenvalue weighted by molar-refractivity contribution is 5.91. The van der Waals surface area contributed by atoms with E-state index in [1.165, 1.54) is 0 Å². The molecule has 0 aliphatic heterocycles. The highest BCUT2D eigenvalue weighted by atomic mass is 16.5. The number of aryl methyl sites for hydroxylation is 1. The van der Waals surface area contributed by atoms with E-state index in [4.69, 9.17) is 9.47 Å². The molecule has 7 heteroatoms. The first-order chi connectivity index (χ1) is 13.5. The molecule has 0 aliphatic carbocycles. The van der Waals surface area contributed by atoms with Crippen LogP contribution in [0.25, 0.3) is 0 Å². The highest BCUT2D eigenvalue weighted by Gasteiger charge is 2.14. The number of rotatable bonds is 10. The second-order valence-corrected chi connectivity index (χ2v) is 6.57. The van der Waals surface area contributed by atoms with Crippen LogP contribution in [0.5, 0.6) is 11.5 Å². The number of benzene rings is 2. The van der Waals surface area contributed by atoms with Gasteiger partial charge in [-0.3, -0.25) is 9.59 Å². The zero-order valence-corrected chi connectivity index (χ0v) is 16.6. The number of ether oxygens (including phenoxy) is 2. The Morgan fingerprint density at radius 2 is 1.61 bits per heavy atom. The summed E-state index contributed by atoms with van der Waals surface area (Å²) in [5.74, 6) is 1.02. The number of carbonyl (C=O) groups excluding carboxylic acids is 2. The average Bonchev–Trinajstić information content (AvgIpc) is 2.67. The predicted octanol–water partition coefficient (Wildman–Crippen LogP) is 0.652. The Kier molecular flexibility index (Phi) is 8.30. The average molecular weight is 386 g/mol. The summed E-state index contributed by atoms with van der Waals surface area (Å²) in [6, 6.07) is 14.9. The van der Waals surface area contributed by atoms with Crippen LogP contribution >= 0.6 is 0 Å². The van der Waals surface area contributed by atoms with Crippen molar-refractivity contribution in [1.29, 1.82) is 0 Å². The maximum atomic E-state index is 12.1. The van der Waals surface area contributed by atoms with Gasteiger partial charge in [-0.25, -0.2) is 0 Å². The second kappa shape index (κ2) is 10.9. The molecule has 0 aromatic heterocycles. The molecular weight excluding hydrogens is 358 g/mol. The van der Waals surface area contributed by atoms with Crippen molar-refractivity contribution in [2.45, 2.75) is 6.92 Å². The summed E-state index contributed by atoms with van der Waals surface area (Å²) < 4.78 is 10.8.